The first-order chi connectivity index (χ1) is 33.7. The summed E-state index contributed by atoms with van der Waals surface area (Å²) in [6, 6.07) is 14.4. The van der Waals surface area contributed by atoms with Crippen molar-refractivity contribution in [2.75, 3.05) is 85.1 Å². The van der Waals surface area contributed by atoms with Gasteiger partial charge in [-0.3, -0.25) is 19.6 Å². The molecule has 6 aliphatic heterocycles. The predicted molar refractivity (Wildman–Crippen MR) is 255 cm³/mol. The van der Waals surface area contributed by atoms with Crippen LogP contribution in [0.4, 0.5) is 4.39 Å². The first-order valence-electron chi connectivity index (χ1n) is 24.4. The van der Waals surface area contributed by atoms with Crippen molar-refractivity contribution in [3.63, 3.8) is 0 Å². The highest BCUT2D eigenvalue weighted by molar-refractivity contribution is 5.95. The molecule has 0 aromatic heterocycles. The molecule has 16 heteroatoms. The molecule has 70 heavy (non-hydrogen) atoms. The van der Waals surface area contributed by atoms with E-state index in [0.29, 0.717) is 73.8 Å². The number of piperazine rings is 2. The number of cyclic esters (lactones) is 4. The minimum atomic E-state index is -1.14. The number of benzene rings is 4. The highest BCUT2D eigenvalue weighted by Gasteiger charge is 2.32. The second-order valence-electron chi connectivity index (χ2n) is 19.2. The van der Waals surface area contributed by atoms with E-state index in [4.69, 9.17) is 23.7 Å². The molecule has 0 spiro atoms. The second-order valence-corrected chi connectivity index (χ2v) is 19.2. The average Bonchev–Trinajstić information content (AvgIpc) is 4.14. The molecular formula is C54H63FN4O11. The van der Waals surface area contributed by atoms with Gasteiger partial charge < -0.3 is 33.9 Å². The van der Waals surface area contributed by atoms with Crippen molar-refractivity contribution >= 4 is 23.9 Å². The maximum Gasteiger partial charge on any atom is 0.338 e. The Morgan fingerprint density at radius 3 is 1.14 bits per heavy atom. The molecule has 2 fully saturated rings. The molecular weight excluding hydrogens is 900 g/mol. The Morgan fingerprint density at radius 1 is 0.471 bits per heavy atom. The Hall–Kier alpha value is -5.59. The number of halogens is 1. The first-order valence-corrected chi connectivity index (χ1v) is 24.4. The van der Waals surface area contributed by atoms with Crippen molar-refractivity contribution in [1.82, 2.24) is 19.6 Å². The monoisotopic (exact) mass is 962 g/mol. The van der Waals surface area contributed by atoms with E-state index in [9.17, 15) is 29.4 Å². The summed E-state index contributed by atoms with van der Waals surface area (Å²) < 4.78 is 41.9. The Bertz CT molecular complexity index is 2590. The van der Waals surface area contributed by atoms with Crippen LogP contribution in [0.25, 0.3) is 0 Å². The number of aliphatic hydroxyl groups excluding tert-OH is 2. The van der Waals surface area contributed by atoms with Gasteiger partial charge in [0.15, 0.2) is 0 Å². The van der Waals surface area contributed by atoms with Crippen LogP contribution in [-0.4, -0.2) is 139 Å². The van der Waals surface area contributed by atoms with Gasteiger partial charge in [0.2, 0.25) is 0 Å². The third kappa shape index (κ3) is 10.0. The first kappa shape index (κ1) is 49.4. The summed E-state index contributed by atoms with van der Waals surface area (Å²) in [5, 5.41) is 21.8. The summed E-state index contributed by atoms with van der Waals surface area (Å²) in [6.45, 7) is 20.0. The number of β-amino-alcohol motifs (C(OH)–C–C–N with tert-alkyl or cyclic N) is 2. The maximum absolute atomic E-state index is 15.2. The van der Waals surface area contributed by atoms with Crippen molar-refractivity contribution in [3.8, 4) is 0 Å². The number of esters is 4. The fourth-order valence-electron chi connectivity index (χ4n) is 10.9. The number of ether oxygens (including phenoxy) is 5. The van der Waals surface area contributed by atoms with E-state index in [1.165, 1.54) is 0 Å². The van der Waals surface area contributed by atoms with E-state index in [-0.39, 0.29) is 49.8 Å². The van der Waals surface area contributed by atoms with E-state index in [1.807, 2.05) is 58.9 Å². The van der Waals surface area contributed by atoms with Gasteiger partial charge in [0, 0.05) is 107 Å². The molecule has 0 amide bonds. The van der Waals surface area contributed by atoms with E-state index in [0.717, 1.165) is 107 Å². The van der Waals surface area contributed by atoms with Gasteiger partial charge in [-0.25, -0.2) is 23.6 Å². The molecule has 2 saturated heterocycles. The molecule has 4 aromatic rings. The number of aliphatic hydroxyl groups is 2. The predicted octanol–water partition coefficient (Wildman–Crippen LogP) is 6.08. The minimum absolute atomic E-state index is 0.0767. The third-order valence-corrected chi connectivity index (χ3v) is 15.2. The van der Waals surface area contributed by atoms with Crippen LogP contribution < -0.4 is 0 Å². The highest BCUT2D eigenvalue weighted by Crippen LogP contribution is 2.35. The van der Waals surface area contributed by atoms with Gasteiger partial charge in [0.1, 0.15) is 32.6 Å². The SMILES string of the molecule is CCOC(CN1CCN(CC(O)c2ccc3c(c2C)COC3=O)CC1)c1ccc2c(c1C)COC2=O.Cc1c(C(O)CN2CCN(CC(F)c3ccc4c(c3C)COC4=O)CC2)ccc2c1COC2=O. The molecule has 0 bridgehead atoms. The van der Waals surface area contributed by atoms with Crippen LogP contribution in [0.2, 0.25) is 0 Å². The van der Waals surface area contributed by atoms with Gasteiger partial charge in [-0.15, -0.1) is 0 Å². The standard InChI is InChI=1S/C28H34N2O6.C26H29FN2O5/c1-4-34-26(20-6-8-22-24(18(20)3)16-36-28(22)33)14-30-11-9-29(10-12-30)13-25(31)19-5-7-21-23(17(19)2)15-35-27(21)32;1-15-17(3-5-19-21(15)13-33-25(19)31)23(27)11-28-7-9-29(10-8-28)12-24(30)18-4-6-20-22(16(18)2)14-34-26(20)32/h5-8,25-26,31H,4,9-16H2,1-3H3;3-6,23-24,30H,7-14H2,1-2H3. The van der Waals surface area contributed by atoms with E-state index < -0.39 is 18.4 Å². The summed E-state index contributed by atoms with van der Waals surface area (Å²) in [4.78, 5) is 56.2. The Labute approximate surface area is 408 Å². The van der Waals surface area contributed by atoms with Crippen molar-refractivity contribution in [3.05, 3.63) is 138 Å². The number of rotatable bonds is 14. The maximum atomic E-state index is 15.2. The highest BCUT2D eigenvalue weighted by atomic mass is 19.1. The molecule has 6 heterocycles. The number of nitrogens with zero attached hydrogens (tertiary/aromatic N) is 4. The lowest BCUT2D eigenvalue weighted by Gasteiger charge is -2.37. The van der Waals surface area contributed by atoms with Crippen molar-refractivity contribution in [2.24, 2.45) is 0 Å². The number of carbonyl (C=O) groups excluding carboxylic acids is 4. The minimum Gasteiger partial charge on any atom is -0.457 e. The average molecular weight is 963 g/mol. The lowest BCUT2D eigenvalue weighted by atomic mass is 9.94. The third-order valence-electron chi connectivity index (χ3n) is 15.2. The van der Waals surface area contributed by atoms with Crippen LogP contribution in [0.1, 0.15) is 140 Å². The van der Waals surface area contributed by atoms with E-state index in [2.05, 4.69) is 19.6 Å². The zero-order valence-corrected chi connectivity index (χ0v) is 40.7. The number of alkyl halides is 1. The smallest absolute Gasteiger partial charge is 0.338 e. The van der Waals surface area contributed by atoms with Crippen molar-refractivity contribution in [2.45, 2.75) is 85.5 Å². The molecule has 2 N–H and O–H groups in total. The summed E-state index contributed by atoms with van der Waals surface area (Å²) in [5.41, 5.74) is 13.1. The molecule has 4 atom stereocenters. The Balaban J connectivity index is 0.000000174. The van der Waals surface area contributed by atoms with Gasteiger partial charge in [-0.2, -0.15) is 0 Å². The lowest BCUT2D eigenvalue weighted by Crippen LogP contribution is -2.48. The molecule has 0 aliphatic carbocycles. The summed E-state index contributed by atoms with van der Waals surface area (Å²) in [6.07, 6.45) is -2.50. The summed E-state index contributed by atoms with van der Waals surface area (Å²) in [7, 11) is 0. The fourth-order valence-corrected chi connectivity index (χ4v) is 10.9. The van der Waals surface area contributed by atoms with Crippen LogP contribution in [-0.2, 0) is 50.1 Å². The molecule has 10 rings (SSSR count). The fraction of sp³-hybridized carbons (Fsp3) is 0.481. The summed E-state index contributed by atoms with van der Waals surface area (Å²) in [5.74, 6) is -1.18. The quantitative estimate of drug-likeness (QED) is 0.110. The van der Waals surface area contributed by atoms with Crippen LogP contribution >= 0.6 is 0 Å². The molecule has 372 valence electrons. The van der Waals surface area contributed by atoms with Gasteiger partial charge in [0.05, 0.1) is 40.6 Å². The molecule has 4 aromatic carbocycles. The molecule has 0 radical (unpaired) electrons. The lowest BCUT2D eigenvalue weighted by molar-refractivity contribution is 0.0114. The summed E-state index contributed by atoms with van der Waals surface area (Å²) >= 11 is 0. The van der Waals surface area contributed by atoms with Gasteiger partial charge in [-0.05, 0) is 103 Å². The zero-order valence-electron chi connectivity index (χ0n) is 40.7. The molecule has 0 saturated carbocycles. The Morgan fingerprint density at radius 2 is 0.771 bits per heavy atom. The topological polar surface area (TPSA) is 168 Å². The number of hydrogen-bond donors (Lipinski definition) is 2. The Kier molecular flexibility index (Phi) is 14.8. The van der Waals surface area contributed by atoms with Crippen LogP contribution in [0.3, 0.4) is 0 Å². The van der Waals surface area contributed by atoms with Crippen LogP contribution in [0.15, 0.2) is 48.5 Å². The van der Waals surface area contributed by atoms with E-state index >= 15 is 4.39 Å². The number of fused-ring (bicyclic) bond motifs is 4. The second kappa shape index (κ2) is 21.0. The van der Waals surface area contributed by atoms with Crippen LogP contribution in [0.5, 0.6) is 0 Å². The molecule has 6 aliphatic rings. The number of hydrogen-bond acceptors (Lipinski definition) is 15. The molecule has 4 unspecified atom stereocenters. The zero-order chi connectivity index (χ0) is 49.4. The van der Waals surface area contributed by atoms with Gasteiger partial charge in [0.25, 0.3) is 0 Å². The van der Waals surface area contributed by atoms with Gasteiger partial charge >= 0.3 is 23.9 Å². The largest absolute Gasteiger partial charge is 0.457 e. The van der Waals surface area contributed by atoms with Crippen LogP contribution in [0, 0.1) is 27.7 Å². The number of carbonyl (C=O) groups is 4. The van der Waals surface area contributed by atoms with Crippen molar-refractivity contribution in [1.29, 1.82) is 0 Å². The van der Waals surface area contributed by atoms with Gasteiger partial charge in [-0.1, -0.05) is 24.3 Å². The molecule has 15 nitrogen and oxygen atoms in total. The normalized spacial score (nSPS) is 19.8. The van der Waals surface area contributed by atoms with Crippen molar-refractivity contribution < 1.29 is 57.5 Å². The van der Waals surface area contributed by atoms with E-state index in [1.54, 1.807) is 24.3 Å².